The zero-order chi connectivity index (χ0) is 9.19. The molecule has 12 heavy (non-hydrogen) atoms. The molecule has 1 aliphatic rings. The number of nitrogens with zero attached hydrogens (tertiary/aromatic N) is 1. The normalized spacial score (nSPS) is 29.5. The molecular weight excluding hydrogens is 198 g/mol. The number of sulfone groups is 1. The fourth-order valence-electron chi connectivity index (χ4n) is 1.41. The van der Waals surface area contributed by atoms with Crippen LogP contribution in [0, 0.1) is 23.2 Å². The molecule has 1 aliphatic heterocycles. The van der Waals surface area contributed by atoms with Crippen molar-refractivity contribution in [3.63, 3.8) is 0 Å². The highest BCUT2D eigenvalue weighted by Crippen LogP contribution is 2.26. The van der Waals surface area contributed by atoms with E-state index in [1.54, 1.807) is 0 Å². The van der Waals surface area contributed by atoms with Crippen LogP contribution in [0.5, 0.6) is 0 Å². The van der Waals surface area contributed by atoms with E-state index in [4.69, 9.17) is 16.9 Å². The molecule has 0 amide bonds. The third-order valence-corrected chi connectivity index (χ3v) is 4.29. The van der Waals surface area contributed by atoms with E-state index >= 15 is 0 Å². The molecule has 2 atom stereocenters. The van der Waals surface area contributed by atoms with Crippen molar-refractivity contribution in [3.8, 4) is 6.07 Å². The van der Waals surface area contributed by atoms with Crippen LogP contribution in [0.4, 0.5) is 0 Å². The zero-order valence-corrected chi connectivity index (χ0v) is 8.11. The number of hydrogen-bond donors (Lipinski definition) is 0. The molecule has 5 heteroatoms. The van der Waals surface area contributed by atoms with Gasteiger partial charge in [-0.3, -0.25) is 0 Å². The second kappa shape index (κ2) is 3.63. The van der Waals surface area contributed by atoms with Crippen molar-refractivity contribution >= 4 is 21.4 Å². The van der Waals surface area contributed by atoms with E-state index in [-0.39, 0.29) is 29.2 Å². The van der Waals surface area contributed by atoms with Gasteiger partial charge in [-0.05, 0) is 12.3 Å². The van der Waals surface area contributed by atoms with Crippen LogP contribution in [0.1, 0.15) is 6.42 Å². The molecule has 0 aliphatic carbocycles. The Kier molecular flexibility index (Phi) is 2.97. The molecule has 68 valence electrons. The first-order chi connectivity index (χ1) is 5.59. The van der Waals surface area contributed by atoms with Gasteiger partial charge in [0, 0.05) is 5.88 Å². The minimum atomic E-state index is -2.87. The SMILES string of the molecule is N#CC(CCl)C1CCS(=O)(=O)C1. The molecule has 0 radical (unpaired) electrons. The second-order valence-corrected chi connectivity index (χ2v) is 5.59. The van der Waals surface area contributed by atoms with Gasteiger partial charge >= 0.3 is 0 Å². The molecule has 1 fully saturated rings. The Morgan fingerprint density at radius 3 is 2.67 bits per heavy atom. The number of halogens is 1. The van der Waals surface area contributed by atoms with Gasteiger partial charge in [0.1, 0.15) is 0 Å². The Labute approximate surface area is 77.2 Å². The van der Waals surface area contributed by atoms with Crippen molar-refractivity contribution in [2.45, 2.75) is 6.42 Å². The topological polar surface area (TPSA) is 57.9 Å². The Balaban J connectivity index is 2.64. The van der Waals surface area contributed by atoms with Crippen LogP contribution in [0.15, 0.2) is 0 Å². The van der Waals surface area contributed by atoms with Gasteiger partial charge in [0.15, 0.2) is 9.84 Å². The van der Waals surface area contributed by atoms with Gasteiger partial charge < -0.3 is 0 Å². The third kappa shape index (κ3) is 2.11. The second-order valence-electron chi connectivity index (χ2n) is 3.05. The van der Waals surface area contributed by atoms with Crippen molar-refractivity contribution in [3.05, 3.63) is 0 Å². The van der Waals surface area contributed by atoms with Crippen LogP contribution in [-0.4, -0.2) is 25.8 Å². The minimum absolute atomic E-state index is 0.0440. The molecular formula is C7H10ClNO2S. The molecule has 0 saturated carbocycles. The van der Waals surface area contributed by atoms with Gasteiger partial charge in [-0.2, -0.15) is 5.26 Å². The Bertz CT molecular complexity index is 293. The van der Waals surface area contributed by atoms with E-state index in [0.717, 1.165) is 0 Å². The van der Waals surface area contributed by atoms with Crippen LogP contribution in [0.2, 0.25) is 0 Å². The van der Waals surface area contributed by atoms with Crippen LogP contribution < -0.4 is 0 Å². The highest BCUT2D eigenvalue weighted by atomic mass is 35.5. The van der Waals surface area contributed by atoms with Gasteiger partial charge in [-0.1, -0.05) is 0 Å². The Morgan fingerprint density at radius 2 is 2.33 bits per heavy atom. The average molecular weight is 208 g/mol. The first-order valence-electron chi connectivity index (χ1n) is 3.75. The number of alkyl halides is 1. The van der Waals surface area contributed by atoms with Crippen molar-refractivity contribution in [2.24, 2.45) is 11.8 Å². The van der Waals surface area contributed by atoms with Crippen molar-refractivity contribution < 1.29 is 8.42 Å². The highest BCUT2D eigenvalue weighted by molar-refractivity contribution is 7.91. The van der Waals surface area contributed by atoms with Gasteiger partial charge in [-0.15, -0.1) is 11.6 Å². The molecule has 0 aromatic carbocycles. The number of hydrogen-bond acceptors (Lipinski definition) is 3. The molecule has 1 heterocycles. The molecule has 0 aromatic heterocycles. The Hall–Kier alpha value is -0.270. The van der Waals surface area contributed by atoms with E-state index in [0.29, 0.717) is 6.42 Å². The third-order valence-electron chi connectivity index (χ3n) is 2.17. The van der Waals surface area contributed by atoms with Crippen LogP contribution in [0.3, 0.4) is 0 Å². The lowest BCUT2D eigenvalue weighted by Gasteiger charge is -2.10. The lowest BCUT2D eigenvalue weighted by molar-refractivity contribution is 0.483. The van der Waals surface area contributed by atoms with Crippen LogP contribution in [0.25, 0.3) is 0 Å². The molecule has 1 saturated heterocycles. The lowest BCUT2D eigenvalue weighted by Crippen LogP contribution is -2.16. The van der Waals surface area contributed by atoms with Crippen LogP contribution >= 0.6 is 11.6 Å². The van der Waals surface area contributed by atoms with Crippen molar-refractivity contribution in [1.82, 2.24) is 0 Å². The molecule has 3 nitrogen and oxygen atoms in total. The number of rotatable bonds is 2. The van der Waals surface area contributed by atoms with E-state index in [1.165, 1.54) is 0 Å². The maximum atomic E-state index is 11.0. The predicted molar refractivity (Wildman–Crippen MR) is 46.6 cm³/mol. The summed E-state index contributed by atoms with van der Waals surface area (Å²) >= 11 is 5.52. The minimum Gasteiger partial charge on any atom is -0.229 e. The first-order valence-corrected chi connectivity index (χ1v) is 6.10. The van der Waals surface area contributed by atoms with Gasteiger partial charge in [0.2, 0.25) is 0 Å². The average Bonchev–Trinajstić information content (AvgIpc) is 2.34. The number of nitriles is 1. The molecule has 1 rings (SSSR count). The molecule has 0 N–H and O–H groups in total. The molecule has 2 unspecified atom stereocenters. The summed E-state index contributed by atoms with van der Waals surface area (Å²) < 4.78 is 22.0. The lowest BCUT2D eigenvalue weighted by atomic mass is 9.95. The summed E-state index contributed by atoms with van der Waals surface area (Å²) in [5.74, 6) is 0.239. The fraction of sp³-hybridized carbons (Fsp3) is 0.857. The maximum absolute atomic E-state index is 11.0. The van der Waals surface area contributed by atoms with E-state index < -0.39 is 9.84 Å². The standard InChI is InChI=1S/C7H10ClNO2S/c8-3-7(4-9)6-1-2-12(10,11)5-6/h6-7H,1-3,5H2. The summed E-state index contributed by atoms with van der Waals surface area (Å²) in [5, 5.41) is 8.63. The summed E-state index contributed by atoms with van der Waals surface area (Å²) in [7, 11) is -2.87. The smallest absolute Gasteiger partial charge is 0.150 e. The fourth-order valence-corrected chi connectivity index (χ4v) is 3.61. The predicted octanol–water partition coefficient (Wildman–Crippen LogP) is 0.800. The zero-order valence-electron chi connectivity index (χ0n) is 6.53. The van der Waals surface area contributed by atoms with E-state index in [2.05, 4.69) is 0 Å². The van der Waals surface area contributed by atoms with Crippen molar-refractivity contribution in [2.75, 3.05) is 17.4 Å². The monoisotopic (exact) mass is 207 g/mol. The first kappa shape index (κ1) is 9.82. The Morgan fingerprint density at radius 1 is 1.67 bits per heavy atom. The summed E-state index contributed by atoms with van der Waals surface area (Å²) in [6, 6.07) is 2.04. The highest BCUT2D eigenvalue weighted by Gasteiger charge is 2.33. The summed E-state index contributed by atoms with van der Waals surface area (Å²) in [4.78, 5) is 0. The quantitative estimate of drug-likeness (QED) is 0.630. The van der Waals surface area contributed by atoms with Crippen LogP contribution in [-0.2, 0) is 9.84 Å². The van der Waals surface area contributed by atoms with Crippen molar-refractivity contribution in [1.29, 1.82) is 5.26 Å². The molecule has 0 bridgehead atoms. The molecule has 0 aromatic rings. The van der Waals surface area contributed by atoms with E-state index in [9.17, 15) is 8.42 Å². The summed E-state index contributed by atoms with van der Waals surface area (Å²) in [6.07, 6.45) is 0.591. The van der Waals surface area contributed by atoms with Gasteiger partial charge in [0.05, 0.1) is 23.5 Å². The maximum Gasteiger partial charge on any atom is 0.150 e. The van der Waals surface area contributed by atoms with E-state index in [1.807, 2.05) is 6.07 Å². The van der Waals surface area contributed by atoms with Gasteiger partial charge in [-0.25, -0.2) is 8.42 Å². The molecule has 0 spiro atoms. The largest absolute Gasteiger partial charge is 0.229 e. The van der Waals surface area contributed by atoms with Gasteiger partial charge in [0.25, 0.3) is 0 Å². The summed E-state index contributed by atoms with van der Waals surface area (Å²) in [6.45, 7) is 0. The summed E-state index contributed by atoms with van der Waals surface area (Å²) in [5.41, 5.74) is 0.